The fourth-order valence-electron chi connectivity index (χ4n) is 1.03. The Kier molecular flexibility index (Phi) is 2.65. The SMILES string of the molecule is CCC1=CC(CC)SC1. The highest BCUT2D eigenvalue weighted by atomic mass is 32.2. The smallest absolute Gasteiger partial charge is 0.0230 e. The zero-order chi connectivity index (χ0) is 6.69. The molecular formula is C8H14S. The van der Waals surface area contributed by atoms with E-state index in [0.717, 1.165) is 5.25 Å². The van der Waals surface area contributed by atoms with Crippen LogP contribution in [0.25, 0.3) is 0 Å². The van der Waals surface area contributed by atoms with Crippen LogP contribution in [0.3, 0.4) is 0 Å². The molecule has 1 aliphatic rings. The first kappa shape index (κ1) is 7.20. The third kappa shape index (κ3) is 1.75. The molecule has 0 bridgehead atoms. The minimum absolute atomic E-state index is 0.833. The Labute approximate surface area is 61.7 Å². The van der Waals surface area contributed by atoms with Gasteiger partial charge in [0.05, 0.1) is 0 Å². The number of thioether (sulfide) groups is 1. The van der Waals surface area contributed by atoms with Crippen molar-refractivity contribution in [2.24, 2.45) is 0 Å². The van der Waals surface area contributed by atoms with Crippen LogP contribution in [0.1, 0.15) is 26.7 Å². The summed E-state index contributed by atoms with van der Waals surface area (Å²) >= 11 is 2.08. The van der Waals surface area contributed by atoms with Crippen molar-refractivity contribution >= 4 is 11.8 Å². The molecule has 0 aliphatic carbocycles. The normalized spacial score (nSPS) is 26.4. The minimum atomic E-state index is 0.833. The molecule has 0 amide bonds. The van der Waals surface area contributed by atoms with Crippen molar-refractivity contribution in [1.29, 1.82) is 0 Å². The molecule has 0 aromatic carbocycles. The monoisotopic (exact) mass is 142 g/mol. The molecule has 0 spiro atoms. The maximum absolute atomic E-state index is 2.44. The molecule has 1 heteroatoms. The molecule has 1 heterocycles. The van der Waals surface area contributed by atoms with Gasteiger partial charge in [0.25, 0.3) is 0 Å². The summed E-state index contributed by atoms with van der Waals surface area (Å²) in [4.78, 5) is 0. The van der Waals surface area contributed by atoms with Gasteiger partial charge in [-0.2, -0.15) is 0 Å². The van der Waals surface area contributed by atoms with Crippen LogP contribution in [0.2, 0.25) is 0 Å². The maximum atomic E-state index is 2.44. The molecule has 9 heavy (non-hydrogen) atoms. The van der Waals surface area contributed by atoms with Crippen molar-refractivity contribution in [3.8, 4) is 0 Å². The predicted molar refractivity (Wildman–Crippen MR) is 44.9 cm³/mol. The number of hydrogen-bond donors (Lipinski definition) is 0. The molecule has 0 saturated heterocycles. The lowest BCUT2D eigenvalue weighted by Crippen LogP contribution is -1.88. The van der Waals surface area contributed by atoms with Crippen LogP contribution < -0.4 is 0 Å². The molecule has 0 N–H and O–H groups in total. The van der Waals surface area contributed by atoms with Crippen LogP contribution in [0, 0.1) is 0 Å². The summed E-state index contributed by atoms with van der Waals surface area (Å²) in [5, 5.41) is 0.833. The van der Waals surface area contributed by atoms with Gasteiger partial charge in [-0.05, 0) is 12.8 Å². The second-order valence-corrected chi connectivity index (χ2v) is 3.66. The van der Waals surface area contributed by atoms with Crippen molar-refractivity contribution in [2.45, 2.75) is 31.9 Å². The molecule has 1 rings (SSSR count). The van der Waals surface area contributed by atoms with Gasteiger partial charge < -0.3 is 0 Å². The first-order chi connectivity index (χ1) is 4.36. The summed E-state index contributed by atoms with van der Waals surface area (Å²) < 4.78 is 0. The lowest BCUT2D eigenvalue weighted by molar-refractivity contribution is 0.974. The van der Waals surface area contributed by atoms with Crippen molar-refractivity contribution in [3.05, 3.63) is 11.6 Å². The van der Waals surface area contributed by atoms with Gasteiger partial charge in [0.2, 0.25) is 0 Å². The predicted octanol–water partition coefficient (Wildman–Crippen LogP) is 2.85. The Morgan fingerprint density at radius 3 is 2.78 bits per heavy atom. The Morgan fingerprint density at radius 2 is 2.44 bits per heavy atom. The van der Waals surface area contributed by atoms with E-state index in [4.69, 9.17) is 0 Å². The second-order valence-electron chi connectivity index (χ2n) is 2.44. The minimum Gasteiger partial charge on any atom is -0.150 e. The highest BCUT2D eigenvalue weighted by Gasteiger charge is 2.11. The van der Waals surface area contributed by atoms with Crippen molar-refractivity contribution in [1.82, 2.24) is 0 Å². The summed E-state index contributed by atoms with van der Waals surface area (Å²) in [6.07, 6.45) is 4.99. The number of rotatable bonds is 2. The van der Waals surface area contributed by atoms with Crippen LogP contribution in [-0.4, -0.2) is 11.0 Å². The quantitative estimate of drug-likeness (QED) is 0.534. The summed E-state index contributed by atoms with van der Waals surface area (Å²) in [7, 11) is 0. The van der Waals surface area contributed by atoms with E-state index in [0.29, 0.717) is 0 Å². The van der Waals surface area contributed by atoms with E-state index in [-0.39, 0.29) is 0 Å². The molecule has 0 fully saturated rings. The summed E-state index contributed by atoms with van der Waals surface area (Å²) in [6.45, 7) is 4.50. The van der Waals surface area contributed by atoms with Gasteiger partial charge in [0, 0.05) is 11.0 Å². The maximum Gasteiger partial charge on any atom is 0.0230 e. The fourth-order valence-corrected chi connectivity index (χ4v) is 2.28. The van der Waals surface area contributed by atoms with Gasteiger partial charge >= 0.3 is 0 Å². The van der Waals surface area contributed by atoms with Crippen molar-refractivity contribution in [3.63, 3.8) is 0 Å². The standard InChI is InChI=1S/C8H14S/c1-3-7-5-8(4-2)9-6-7/h5,8H,3-4,6H2,1-2H3. The molecule has 1 unspecified atom stereocenters. The van der Waals surface area contributed by atoms with Crippen LogP contribution in [0.5, 0.6) is 0 Å². The largest absolute Gasteiger partial charge is 0.150 e. The van der Waals surface area contributed by atoms with Crippen molar-refractivity contribution < 1.29 is 0 Å². The van der Waals surface area contributed by atoms with Gasteiger partial charge in [0.1, 0.15) is 0 Å². The van der Waals surface area contributed by atoms with E-state index < -0.39 is 0 Å². The zero-order valence-corrected chi connectivity index (χ0v) is 7.00. The molecule has 0 radical (unpaired) electrons. The van der Waals surface area contributed by atoms with Crippen molar-refractivity contribution in [2.75, 3.05) is 5.75 Å². The van der Waals surface area contributed by atoms with Gasteiger partial charge in [-0.25, -0.2) is 0 Å². The van der Waals surface area contributed by atoms with E-state index in [1.807, 2.05) is 0 Å². The van der Waals surface area contributed by atoms with Gasteiger partial charge in [0.15, 0.2) is 0 Å². The molecule has 0 aromatic heterocycles. The highest BCUT2D eigenvalue weighted by Crippen LogP contribution is 2.28. The Bertz CT molecular complexity index is 116. The average molecular weight is 142 g/mol. The molecule has 0 nitrogen and oxygen atoms in total. The van der Waals surface area contributed by atoms with Gasteiger partial charge in [-0.3, -0.25) is 0 Å². The fraction of sp³-hybridized carbons (Fsp3) is 0.750. The molecule has 0 aromatic rings. The topological polar surface area (TPSA) is 0 Å². The molecule has 1 aliphatic heterocycles. The zero-order valence-electron chi connectivity index (χ0n) is 6.18. The average Bonchev–Trinajstić information content (AvgIpc) is 2.34. The summed E-state index contributed by atoms with van der Waals surface area (Å²) in [5.41, 5.74) is 1.65. The van der Waals surface area contributed by atoms with Crippen LogP contribution in [0.4, 0.5) is 0 Å². The highest BCUT2D eigenvalue weighted by molar-refractivity contribution is 8.00. The Hall–Kier alpha value is 0.0900. The summed E-state index contributed by atoms with van der Waals surface area (Å²) in [6, 6.07) is 0. The van der Waals surface area contributed by atoms with E-state index >= 15 is 0 Å². The molecule has 1 atom stereocenters. The lowest BCUT2D eigenvalue weighted by atomic mass is 10.2. The third-order valence-electron chi connectivity index (χ3n) is 1.76. The molecule has 52 valence electrons. The van der Waals surface area contributed by atoms with E-state index in [1.165, 1.54) is 18.6 Å². The van der Waals surface area contributed by atoms with Gasteiger partial charge in [-0.15, -0.1) is 11.8 Å². The molecular weight excluding hydrogens is 128 g/mol. The Morgan fingerprint density at radius 1 is 1.67 bits per heavy atom. The summed E-state index contributed by atoms with van der Waals surface area (Å²) in [5.74, 6) is 1.29. The van der Waals surface area contributed by atoms with E-state index in [2.05, 4.69) is 31.7 Å². The first-order valence-electron chi connectivity index (χ1n) is 3.68. The van der Waals surface area contributed by atoms with Gasteiger partial charge in [-0.1, -0.05) is 25.5 Å². The second kappa shape index (κ2) is 3.31. The third-order valence-corrected chi connectivity index (χ3v) is 3.20. The molecule has 0 saturated carbocycles. The lowest BCUT2D eigenvalue weighted by Gasteiger charge is -1.97. The van der Waals surface area contributed by atoms with Crippen LogP contribution in [-0.2, 0) is 0 Å². The van der Waals surface area contributed by atoms with Crippen LogP contribution in [0.15, 0.2) is 11.6 Å². The van der Waals surface area contributed by atoms with E-state index in [1.54, 1.807) is 5.57 Å². The van der Waals surface area contributed by atoms with Crippen LogP contribution >= 0.6 is 11.8 Å². The first-order valence-corrected chi connectivity index (χ1v) is 4.72. The Balaban J connectivity index is 2.40. The number of hydrogen-bond acceptors (Lipinski definition) is 1. The van der Waals surface area contributed by atoms with E-state index in [9.17, 15) is 0 Å².